The second-order valence-corrected chi connectivity index (χ2v) is 16.1. The van der Waals surface area contributed by atoms with Crippen LogP contribution in [0.3, 0.4) is 0 Å². The Labute approximate surface area is 252 Å². The molecule has 2 amide bonds. The summed E-state index contributed by atoms with van der Waals surface area (Å²) in [6.45, 7) is 7.41. The van der Waals surface area contributed by atoms with E-state index in [1.165, 1.54) is 53.3 Å². The summed E-state index contributed by atoms with van der Waals surface area (Å²) in [6.07, 6.45) is 9.34. The SMILES string of the molecule is CCC(C(=O)NC(C)(C)C)N(Cc1ccccc1)C(=O)CN(c1ccc(C23CC4CC(CC(C4)C2)C3)cc1)S(C)(=O)=O. The molecule has 42 heavy (non-hydrogen) atoms. The van der Waals surface area contributed by atoms with Crippen LogP contribution in [0.4, 0.5) is 5.69 Å². The Bertz CT molecular complexity index is 1350. The molecular weight excluding hydrogens is 546 g/mol. The molecule has 4 aliphatic carbocycles. The second kappa shape index (κ2) is 11.7. The summed E-state index contributed by atoms with van der Waals surface area (Å²) in [6, 6.07) is 16.7. The molecule has 0 saturated heterocycles. The van der Waals surface area contributed by atoms with Gasteiger partial charge in [0, 0.05) is 12.1 Å². The van der Waals surface area contributed by atoms with E-state index in [2.05, 4.69) is 17.4 Å². The number of nitrogens with one attached hydrogen (secondary N) is 1. The molecule has 4 fully saturated rings. The lowest BCUT2D eigenvalue weighted by molar-refractivity contribution is -0.141. The number of carbonyl (C=O) groups is 2. The topological polar surface area (TPSA) is 86.8 Å². The smallest absolute Gasteiger partial charge is 0.244 e. The van der Waals surface area contributed by atoms with Gasteiger partial charge in [-0.2, -0.15) is 0 Å². The number of rotatable bonds is 10. The van der Waals surface area contributed by atoms with E-state index in [-0.39, 0.29) is 24.4 Å². The van der Waals surface area contributed by atoms with Crippen molar-refractivity contribution in [1.29, 1.82) is 0 Å². The Morgan fingerprint density at radius 3 is 1.95 bits per heavy atom. The summed E-state index contributed by atoms with van der Waals surface area (Å²) >= 11 is 0. The number of amides is 2. The molecule has 1 N–H and O–H groups in total. The minimum atomic E-state index is -3.77. The average Bonchev–Trinajstić information content (AvgIpc) is 2.90. The summed E-state index contributed by atoms with van der Waals surface area (Å²) in [5, 5.41) is 3.00. The number of nitrogens with zero attached hydrogens (tertiary/aromatic N) is 2. The van der Waals surface area contributed by atoms with Crippen molar-refractivity contribution < 1.29 is 18.0 Å². The van der Waals surface area contributed by atoms with Crippen LogP contribution < -0.4 is 9.62 Å². The second-order valence-electron chi connectivity index (χ2n) is 14.2. The Kier molecular flexibility index (Phi) is 8.49. The Morgan fingerprint density at radius 2 is 1.48 bits per heavy atom. The van der Waals surface area contributed by atoms with Crippen LogP contribution in [-0.2, 0) is 31.6 Å². The normalized spacial score (nSPS) is 25.6. The fourth-order valence-electron chi connectivity index (χ4n) is 8.21. The molecule has 228 valence electrons. The van der Waals surface area contributed by atoms with Crippen LogP contribution in [0.1, 0.15) is 83.8 Å². The van der Waals surface area contributed by atoms with Crippen molar-refractivity contribution in [1.82, 2.24) is 10.2 Å². The monoisotopic (exact) mass is 593 g/mol. The highest BCUT2D eigenvalue weighted by molar-refractivity contribution is 7.92. The van der Waals surface area contributed by atoms with Crippen molar-refractivity contribution in [3.05, 3.63) is 65.7 Å². The highest BCUT2D eigenvalue weighted by Crippen LogP contribution is 2.60. The van der Waals surface area contributed by atoms with Crippen LogP contribution in [0.25, 0.3) is 0 Å². The number of hydrogen-bond acceptors (Lipinski definition) is 4. The minimum Gasteiger partial charge on any atom is -0.350 e. The van der Waals surface area contributed by atoms with Crippen molar-refractivity contribution >= 4 is 27.5 Å². The molecule has 6 rings (SSSR count). The molecule has 1 atom stereocenters. The van der Waals surface area contributed by atoms with Crippen molar-refractivity contribution in [2.45, 2.75) is 96.2 Å². The van der Waals surface area contributed by atoms with Gasteiger partial charge in [-0.3, -0.25) is 13.9 Å². The molecule has 4 saturated carbocycles. The third kappa shape index (κ3) is 6.69. The lowest BCUT2D eigenvalue weighted by atomic mass is 9.48. The Hall–Kier alpha value is -2.87. The zero-order valence-electron chi connectivity index (χ0n) is 25.8. The first kappa shape index (κ1) is 30.6. The van der Waals surface area contributed by atoms with Gasteiger partial charge in [0.25, 0.3) is 0 Å². The van der Waals surface area contributed by atoms with Crippen LogP contribution in [0, 0.1) is 17.8 Å². The van der Waals surface area contributed by atoms with Gasteiger partial charge in [0.1, 0.15) is 12.6 Å². The van der Waals surface area contributed by atoms with E-state index < -0.39 is 27.5 Å². The van der Waals surface area contributed by atoms with Gasteiger partial charge in [0.2, 0.25) is 21.8 Å². The molecule has 4 bridgehead atoms. The fourth-order valence-corrected chi connectivity index (χ4v) is 9.06. The molecule has 8 heteroatoms. The van der Waals surface area contributed by atoms with Gasteiger partial charge in [-0.05, 0) is 112 Å². The predicted octanol–water partition coefficient (Wildman–Crippen LogP) is 5.64. The standard InChI is InChI=1S/C34H47N3O4S/c1-6-30(32(39)35-33(2,3)4)36(22-24-10-8-7-9-11-24)31(38)23-37(42(5,40)41)29-14-12-28(13-15-29)34-19-25-16-26(20-34)18-27(17-25)21-34/h7-15,25-27,30H,6,16-23H2,1-5H3,(H,35,39). The fraction of sp³-hybridized carbons (Fsp3) is 0.588. The third-order valence-corrected chi connectivity index (χ3v) is 10.7. The Balaban J connectivity index is 1.40. The van der Waals surface area contributed by atoms with E-state index in [0.717, 1.165) is 29.6 Å². The first-order valence-electron chi connectivity index (χ1n) is 15.5. The lowest BCUT2D eigenvalue weighted by Crippen LogP contribution is -2.55. The first-order valence-corrected chi connectivity index (χ1v) is 17.3. The molecule has 0 radical (unpaired) electrons. The van der Waals surface area contributed by atoms with Gasteiger partial charge < -0.3 is 10.2 Å². The predicted molar refractivity (Wildman–Crippen MR) is 167 cm³/mol. The molecule has 0 spiro atoms. The maximum atomic E-state index is 14.0. The van der Waals surface area contributed by atoms with E-state index >= 15 is 0 Å². The third-order valence-electron chi connectivity index (χ3n) is 9.56. The van der Waals surface area contributed by atoms with Gasteiger partial charge >= 0.3 is 0 Å². The summed E-state index contributed by atoms with van der Waals surface area (Å²) in [5.41, 5.74) is 2.40. The Morgan fingerprint density at radius 1 is 0.929 bits per heavy atom. The summed E-state index contributed by atoms with van der Waals surface area (Å²) < 4.78 is 27.4. The van der Waals surface area contributed by atoms with Crippen LogP contribution in [0.2, 0.25) is 0 Å². The molecule has 0 aliphatic heterocycles. The van der Waals surface area contributed by atoms with Crippen LogP contribution in [0.15, 0.2) is 54.6 Å². The average molecular weight is 594 g/mol. The summed E-state index contributed by atoms with van der Waals surface area (Å²) in [4.78, 5) is 28.9. The van der Waals surface area contributed by atoms with Crippen molar-refractivity contribution in [2.24, 2.45) is 17.8 Å². The number of sulfonamides is 1. The maximum absolute atomic E-state index is 14.0. The van der Waals surface area contributed by atoms with Crippen LogP contribution in [0.5, 0.6) is 0 Å². The van der Waals surface area contributed by atoms with Crippen molar-refractivity contribution in [2.75, 3.05) is 17.1 Å². The minimum absolute atomic E-state index is 0.207. The molecule has 2 aromatic carbocycles. The van der Waals surface area contributed by atoms with Crippen molar-refractivity contribution in [3.8, 4) is 0 Å². The van der Waals surface area contributed by atoms with E-state index in [1.54, 1.807) is 0 Å². The van der Waals surface area contributed by atoms with Gasteiger partial charge in [-0.1, -0.05) is 49.4 Å². The van der Waals surface area contributed by atoms with E-state index in [4.69, 9.17) is 0 Å². The molecule has 1 unspecified atom stereocenters. The highest BCUT2D eigenvalue weighted by atomic mass is 32.2. The quantitative estimate of drug-likeness (QED) is 0.386. The maximum Gasteiger partial charge on any atom is 0.244 e. The van der Waals surface area contributed by atoms with Gasteiger partial charge in [0.05, 0.1) is 11.9 Å². The first-order chi connectivity index (χ1) is 19.8. The van der Waals surface area contributed by atoms with Gasteiger partial charge in [0.15, 0.2) is 0 Å². The molecule has 4 aliphatic rings. The van der Waals surface area contributed by atoms with E-state index in [9.17, 15) is 18.0 Å². The molecule has 0 heterocycles. The summed E-state index contributed by atoms with van der Waals surface area (Å²) in [5.74, 6) is 1.79. The molecule has 7 nitrogen and oxygen atoms in total. The number of anilines is 1. The van der Waals surface area contributed by atoms with Gasteiger partial charge in [-0.25, -0.2) is 8.42 Å². The molecule has 2 aromatic rings. The lowest BCUT2D eigenvalue weighted by Gasteiger charge is -2.57. The zero-order valence-corrected chi connectivity index (χ0v) is 26.6. The van der Waals surface area contributed by atoms with Crippen LogP contribution in [-0.4, -0.2) is 49.5 Å². The van der Waals surface area contributed by atoms with Crippen LogP contribution >= 0.6 is 0 Å². The molecule has 0 aromatic heterocycles. The zero-order chi connectivity index (χ0) is 30.3. The highest BCUT2D eigenvalue weighted by Gasteiger charge is 2.51. The molecular formula is C34H47N3O4S. The number of benzene rings is 2. The van der Waals surface area contributed by atoms with Crippen molar-refractivity contribution in [3.63, 3.8) is 0 Å². The number of hydrogen-bond donors (Lipinski definition) is 1. The number of carbonyl (C=O) groups excluding carboxylic acids is 2. The van der Waals surface area contributed by atoms with E-state index in [0.29, 0.717) is 12.1 Å². The van der Waals surface area contributed by atoms with Gasteiger partial charge in [-0.15, -0.1) is 0 Å². The largest absolute Gasteiger partial charge is 0.350 e. The van der Waals surface area contributed by atoms with E-state index in [1.807, 2.05) is 70.2 Å². The summed E-state index contributed by atoms with van der Waals surface area (Å²) in [7, 11) is -3.77.